The van der Waals surface area contributed by atoms with Crippen LogP contribution >= 0.6 is 0 Å². The van der Waals surface area contributed by atoms with E-state index in [1.165, 1.54) is 5.56 Å². The average Bonchev–Trinajstić information content (AvgIpc) is 3.35. The van der Waals surface area contributed by atoms with Crippen LogP contribution in [0.25, 0.3) is 11.1 Å². The third-order valence-corrected chi connectivity index (χ3v) is 7.29. The van der Waals surface area contributed by atoms with Gasteiger partial charge in [-0.1, -0.05) is 18.2 Å². The second-order valence-corrected chi connectivity index (χ2v) is 10.3. The molecule has 0 radical (unpaired) electrons. The van der Waals surface area contributed by atoms with Crippen LogP contribution < -0.4 is 9.47 Å². The Balaban J connectivity index is 1.41. The van der Waals surface area contributed by atoms with E-state index in [-0.39, 0.29) is 0 Å². The van der Waals surface area contributed by atoms with Gasteiger partial charge in [0.05, 0.1) is 24.0 Å². The highest BCUT2D eigenvalue weighted by Crippen LogP contribution is 2.32. The zero-order valence-corrected chi connectivity index (χ0v) is 20.8. The van der Waals surface area contributed by atoms with Crippen LogP contribution in [-0.4, -0.2) is 40.9 Å². The Morgan fingerprint density at radius 3 is 2.43 bits per heavy atom. The summed E-state index contributed by atoms with van der Waals surface area (Å²) in [5, 5.41) is 8.80. The van der Waals surface area contributed by atoms with E-state index in [1.807, 2.05) is 12.1 Å². The van der Waals surface area contributed by atoms with Crippen LogP contribution in [0.3, 0.4) is 0 Å². The summed E-state index contributed by atoms with van der Waals surface area (Å²) in [6, 6.07) is 19.2. The highest BCUT2D eigenvalue weighted by Gasteiger charge is 2.17. The van der Waals surface area contributed by atoms with Crippen molar-refractivity contribution in [1.29, 1.82) is 0 Å². The number of aryl methyl sites for hydroxylation is 2. The summed E-state index contributed by atoms with van der Waals surface area (Å²) in [5.74, 6) is 0.496. The van der Waals surface area contributed by atoms with E-state index in [9.17, 15) is 9.00 Å². The van der Waals surface area contributed by atoms with E-state index < -0.39 is 22.5 Å². The fourth-order valence-electron chi connectivity index (χ4n) is 4.26. The molecule has 1 saturated heterocycles. The Morgan fingerprint density at radius 1 is 1.03 bits per heavy atom. The summed E-state index contributed by atoms with van der Waals surface area (Å²) < 4.78 is 29.4. The maximum atomic E-state index is 12.0. The summed E-state index contributed by atoms with van der Waals surface area (Å²) in [7, 11) is -1.56. The molecule has 0 aliphatic carbocycles. The zero-order valence-electron chi connectivity index (χ0n) is 20.0. The largest absolute Gasteiger partial charge is 0.493 e. The molecule has 6 nitrogen and oxygen atoms in total. The first-order valence-corrected chi connectivity index (χ1v) is 12.9. The third kappa shape index (κ3) is 6.71. The van der Waals surface area contributed by atoms with Gasteiger partial charge in [-0.15, -0.1) is 0 Å². The van der Waals surface area contributed by atoms with Gasteiger partial charge in [-0.3, -0.25) is 9.00 Å². The molecule has 0 saturated carbocycles. The summed E-state index contributed by atoms with van der Waals surface area (Å²) in [4.78, 5) is 11.2. The number of carboxylic acid groups (broad SMARTS) is 1. The summed E-state index contributed by atoms with van der Waals surface area (Å²) >= 11 is 0. The van der Waals surface area contributed by atoms with Crippen LogP contribution in [0.2, 0.25) is 0 Å². The molecule has 184 valence electrons. The van der Waals surface area contributed by atoms with Crippen molar-refractivity contribution in [2.75, 3.05) is 25.6 Å². The van der Waals surface area contributed by atoms with Gasteiger partial charge in [0, 0.05) is 17.4 Å². The highest BCUT2D eigenvalue weighted by molar-refractivity contribution is 7.85. The molecule has 35 heavy (non-hydrogen) atoms. The minimum Gasteiger partial charge on any atom is -0.493 e. The molecule has 2 unspecified atom stereocenters. The van der Waals surface area contributed by atoms with Gasteiger partial charge in [0.1, 0.15) is 23.9 Å². The lowest BCUT2D eigenvalue weighted by atomic mass is 9.94. The zero-order chi connectivity index (χ0) is 24.8. The first kappa shape index (κ1) is 24.9. The molecule has 4 rings (SSSR count). The van der Waals surface area contributed by atoms with Crippen LogP contribution in [0, 0.1) is 19.8 Å². The van der Waals surface area contributed by atoms with Gasteiger partial charge in [0.2, 0.25) is 0 Å². The minimum absolute atomic E-state index is 0.383. The van der Waals surface area contributed by atoms with E-state index in [0.29, 0.717) is 29.8 Å². The smallest absolute Gasteiger partial charge is 0.316 e. The van der Waals surface area contributed by atoms with Crippen LogP contribution in [0.15, 0.2) is 65.6 Å². The van der Waals surface area contributed by atoms with Crippen LogP contribution in [0.5, 0.6) is 11.5 Å². The van der Waals surface area contributed by atoms with Crippen LogP contribution in [0.4, 0.5) is 0 Å². The van der Waals surface area contributed by atoms with E-state index >= 15 is 0 Å². The standard InChI is InChI=1S/C28H30O6S/c1-19-12-25(34-17-22-10-11-32-15-22)13-20(2)28(19)23-5-3-4-21(14-23)16-33-24-6-8-26(9-7-24)35(31)18-27(29)30/h3-9,12-14,22H,10-11,15-18H2,1-2H3,(H,29,30). The van der Waals surface area contributed by atoms with Gasteiger partial charge in [-0.25, -0.2) is 0 Å². The first-order valence-electron chi connectivity index (χ1n) is 11.6. The Labute approximate surface area is 208 Å². The molecule has 3 aromatic rings. The molecule has 0 aromatic heterocycles. The van der Waals surface area contributed by atoms with E-state index in [1.54, 1.807) is 24.3 Å². The molecule has 0 bridgehead atoms. The molecule has 0 amide bonds. The predicted molar refractivity (Wildman–Crippen MR) is 135 cm³/mol. The molecule has 0 spiro atoms. The number of aliphatic carboxylic acids is 1. The number of hydrogen-bond donors (Lipinski definition) is 1. The Hall–Kier alpha value is -3.16. The first-order chi connectivity index (χ1) is 16.9. The van der Waals surface area contributed by atoms with Gasteiger partial charge in [0.15, 0.2) is 0 Å². The summed E-state index contributed by atoms with van der Waals surface area (Å²) in [6.07, 6.45) is 1.05. The number of benzene rings is 3. The van der Waals surface area contributed by atoms with Crippen molar-refractivity contribution >= 4 is 16.8 Å². The van der Waals surface area contributed by atoms with Crippen molar-refractivity contribution < 1.29 is 28.3 Å². The Bertz CT molecular complexity index is 1180. The third-order valence-electron chi connectivity index (χ3n) is 5.98. The molecular weight excluding hydrogens is 464 g/mol. The molecule has 7 heteroatoms. The molecule has 1 heterocycles. The summed E-state index contributed by atoms with van der Waals surface area (Å²) in [6.45, 7) is 6.87. The fraction of sp³-hybridized carbons (Fsp3) is 0.321. The molecular formula is C28H30O6S. The van der Waals surface area contributed by atoms with Crippen molar-refractivity contribution in [3.05, 3.63) is 77.4 Å². The maximum Gasteiger partial charge on any atom is 0.316 e. The maximum absolute atomic E-state index is 12.0. The Morgan fingerprint density at radius 2 is 1.77 bits per heavy atom. The number of carboxylic acids is 1. The van der Waals surface area contributed by atoms with Gasteiger partial charge >= 0.3 is 5.97 Å². The Kier molecular flexibility index (Phi) is 8.21. The normalized spacial score (nSPS) is 16.1. The number of hydrogen-bond acceptors (Lipinski definition) is 5. The summed E-state index contributed by atoms with van der Waals surface area (Å²) in [5.41, 5.74) is 5.66. The van der Waals surface area contributed by atoms with Crippen molar-refractivity contribution in [1.82, 2.24) is 0 Å². The topological polar surface area (TPSA) is 82.1 Å². The lowest BCUT2D eigenvalue weighted by molar-refractivity contribution is -0.133. The lowest BCUT2D eigenvalue weighted by Crippen LogP contribution is -2.11. The second-order valence-electron chi connectivity index (χ2n) is 8.82. The van der Waals surface area contributed by atoms with Gasteiger partial charge in [0.25, 0.3) is 0 Å². The molecule has 1 fully saturated rings. The SMILES string of the molecule is Cc1cc(OCC2CCOC2)cc(C)c1-c1cccc(COc2ccc(S(=O)CC(=O)O)cc2)c1. The number of carbonyl (C=O) groups is 1. The fourth-order valence-corrected chi connectivity index (χ4v) is 5.09. The molecule has 3 aromatic carbocycles. The predicted octanol–water partition coefficient (Wildman–Crippen LogP) is 5.16. The molecule has 1 aliphatic rings. The number of rotatable bonds is 10. The van der Waals surface area contributed by atoms with E-state index in [2.05, 4.69) is 38.1 Å². The van der Waals surface area contributed by atoms with Crippen LogP contribution in [0.1, 0.15) is 23.1 Å². The van der Waals surface area contributed by atoms with Crippen molar-refractivity contribution in [2.45, 2.75) is 31.8 Å². The minimum atomic E-state index is -1.56. The van der Waals surface area contributed by atoms with Crippen LogP contribution in [-0.2, 0) is 26.9 Å². The van der Waals surface area contributed by atoms with Gasteiger partial charge in [-0.05, 0) is 90.6 Å². The molecule has 1 N–H and O–H groups in total. The highest BCUT2D eigenvalue weighted by atomic mass is 32.2. The second kappa shape index (κ2) is 11.5. The van der Waals surface area contributed by atoms with Crippen molar-refractivity contribution in [3.8, 4) is 22.6 Å². The average molecular weight is 495 g/mol. The van der Waals surface area contributed by atoms with E-state index in [0.717, 1.165) is 47.6 Å². The molecule has 1 aliphatic heterocycles. The monoisotopic (exact) mass is 494 g/mol. The molecule has 2 atom stereocenters. The van der Waals surface area contributed by atoms with Crippen molar-refractivity contribution in [2.24, 2.45) is 5.92 Å². The number of ether oxygens (including phenoxy) is 3. The van der Waals surface area contributed by atoms with Gasteiger partial charge < -0.3 is 19.3 Å². The van der Waals surface area contributed by atoms with Crippen molar-refractivity contribution in [3.63, 3.8) is 0 Å². The lowest BCUT2D eigenvalue weighted by Gasteiger charge is -2.16. The van der Waals surface area contributed by atoms with E-state index in [4.69, 9.17) is 19.3 Å². The van der Waals surface area contributed by atoms with Gasteiger partial charge in [-0.2, -0.15) is 0 Å². The quantitative estimate of drug-likeness (QED) is 0.419.